The summed E-state index contributed by atoms with van der Waals surface area (Å²) in [5, 5.41) is 8.84. The van der Waals surface area contributed by atoms with E-state index >= 15 is 0 Å². The van der Waals surface area contributed by atoms with E-state index in [1.54, 1.807) is 13.8 Å². The molecule has 2 atom stereocenters. The number of halogens is 2. The van der Waals surface area contributed by atoms with Crippen molar-refractivity contribution in [3.63, 3.8) is 0 Å². The van der Waals surface area contributed by atoms with Crippen LogP contribution in [0.5, 0.6) is 0 Å². The molecule has 0 aliphatic heterocycles. The average molecular weight is 297 g/mol. The molecule has 1 fully saturated rings. The van der Waals surface area contributed by atoms with Gasteiger partial charge >= 0.3 is 5.97 Å². The summed E-state index contributed by atoms with van der Waals surface area (Å²) in [5.74, 6) is -4.11. The lowest BCUT2D eigenvalue weighted by atomic mass is 10.1. The molecule has 2 unspecified atom stereocenters. The van der Waals surface area contributed by atoms with Crippen molar-refractivity contribution in [2.45, 2.75) is 32.2 Å². The third-order valence-electron chi connectivity index (χ3n) is 3.70. The molecule has 0 saturated heterocycles. The van der Waals surface area contributed by atoms with Crippen molar-refractivity contribution in [1.29, 1.82) is 0 Å². The number of rotatable bonds is 5. The maximum atomic E-state index is 13.7. The highest BCUT2D eigenvalue weighted by molar-refractivity contribution is 5.86. The molecule has 114 valence electrons. The predicted molar refractivity (Wildman–Crippen MR) is 71.7 cm³/mol. The van der Waals surface area contributed by atoms with Crippen molar-refractivity contribution in [3.05, 3.63) is 35.4 Å². The second-order valence-electron chi connectivity index (χ2n) is 5.55. The molecule has 6 heteroatoms. The van der Waals surface area contributed by atoms with Crippen LogP contribution in [0.15, 0.2) is 18.2 Å². The van der Waals surface area contributed by atoms with Crippen LogP contribution in [0.1, 0.15) is 31.7 Å². The molecule has 0 heterocycles. The first-order valence-electron chi connectivity index (χ1n) is 6.79. The molecule has 1 aliphatic rings. The summed E-state index contributed by atoms with van der Waals surface area (Å²) < 4.78 is 26.9. The molecule has 0 bridgehead atoms. The number of benzene rings is 1. The molecule has 1 aliphatic carbocycles. The Bertz CT molecular complexity index is 574. The maximum absolute atomic E-state index is 13.7. The fraction of sp³-hybridized carbons (Fsp3) is 0.467. The molecular formula is C15H17F2NO3. The third-order valence-corrected chi connectivity index (χ3v) is 3.70. The van der Waals surface area contributed by atoms with Gasteiger partial charge in [-0.15, -0.1) is 0 Å². The first-order valence-corrected chi connectivity index (χ1v) is 6.79. The summed E-state index contributed by atoms with van der Waals surface area (Å²) in [4.78, 5) is 24.4. The Morgan fingerprint density at radius 1 is 1.38 bits per heavy atom. The van der Waals surface area contributed by atoms with Gasteiger partial charge in [-0.05, 0) is 37.8 Å². The summed E-state index contributed by atoms with van der Waals surface area (Å²) in [7, 11) is 0. The van der Waals surface area contributed by atoms with Crippen LogP contribution in [-0.2, 0) is 9.59 Å². The lowest BCUT2D eigenvalue weighted by Gasteiger charge is -2.25. The normalized spacial score (nSPS) is 20.4. The minimum absolute atomic E-state index is 0.187. The number of hydrogen-bond acceptors (Lipinski definition) is 2. The molecule has 2 rings (SSSR count). The van der Waals surface area contributed by atoms with Gasteiger partial charge in [-0.3, -0.25) is 9.59 Å². The standard InChI is InChI=1S/C15H17F2NO3/c1-8(2)18(7-13(19)20)15(21)11-6-10(11)9-4-3-5-12(16)14(9)17/h3-5,8,10-11H,6-7H2,1-2H3,(H,19,20). The SMILES string of the molecule is CC(C)N(CC(=O)O)C(=O)C1CC1c1cccc(F)c1F. The number of carboxylic acids is 1. The van der Waals surface area contributed by atoms with Crippen LogP contribution < -0.4 is 0 Å². The lowest BCUT2D eigenvalue weighted by molar-refractivity contribution is -0.146. The second kappa shape index (κ2) is 5.79. The van der Waals surface area contributed by atoms with Crippen molar-refractivity contribution in [2.75, 3.05) is 6.54 Å². The second-order valence-corrected chi connectivity index (χ2v) is 5.55. The number of carboxylic acid groups (broad SMARTS) is 1. The van der Waals surface area contributed by atoms with Gasteiger partial charge in [0.05, 0.1) is 0 Å². The van der Waals surface area contributed by atoms with E-state index in [-0.39, 0.29) is 30.0 Å². The number of hydrogen-bond donors (Lipinski definition) is 1. The van der Waals surface area contributed by atoms with Gasteiger partial charge in [0.15, 0.2) is 11.6 Å². The van der Waals surface area contributed by atoms with E-state index in [2.05, 4.69) is 0 Å². The Kier molecular flexibility index (Phi) is 4.25. The zero-order valence-electron chi connectivity index (χ0n) is 11.8. The van der Waals surface area contributed by atoms with Gasteiger partial charge < -0.3 is 10.0 Å². The highest BCUT2D eigenvalue weighted by atomic mass is 19.2. The molecule has 0 radical (unpaired) electrons. The quantitative estimate of drug-likeness (QED) is 0.908. The summed E-state index contributed by atoms with van der Waals surface area (Å²) in [6.45, 7) is 3.06. The molecule has 1 N–H and O–H groups in total. The van der Waals surface area contributed by atoms with Crippen molar-refractivity contribution in [2.24, 2.45) is 5.92 Å². The zero-order chi connectivity index (χ0) is 15.7. The monoisotopic (exact) mass is 297 g/mol. The van der Waals surface area contributed by atoms with E-state index in [1.165, 1.54) is 17.0 Å². The van der Waals surface area contributed by atoms with E-state index in [4.69, 9.17) is 5.11 Å². The van der Waals surface area contributed by atoms with Crippen LogP contribution >= 0.6 is 0 Å². The summed E-state index contributed by atoms with van der Waals surface area (Å²) in [5.41, 5.74) is 0.187. The maximum Gasteiger partial charge on any atom is 0.323 e. The van der Waals surface area contributed by atoms with Crippen molar-refractivity contribution < 1.29 is 23.5 Å². The largest absolute Gasteiger partial charge is 0.480 e. The van der Waals surface area contributed by atoms with Crippen LogP contribution in [0.3, 0.4) is 0 Å². The molecule has 21 heavy (non-hydrogen) atoms. The molecule has 1 amide bonds. The van der Waals surface area contributed by atoms with Crippen LogP contribution in [0.25, 0.3) is 0 Å². The van der Waals surface area contributed by atoms with Crippen LogP contribution in [0.4, 0.5) is 8.78 Å². The van der Waals surface area contributed by atoms with Gasteiger partial charge in [-0.25, -0.2) is 8.78 Å². The predicted octanol–water partition coefficient (Wildman–Crippen LogP) is 2.39. The molecule has 0 spiro atoms. The Labute approximate surface area is 121 Å². The number of aliphatic carboxylic acids is 1. The first kappa shape index (κ1) is 15.4. The minimum Gasteiger partial charge on any atom is -0.480 e. The Morgan fingerprint density at radius 3 is 2.62 bits per heavy atom. The summed E-state index contributed by atoms with van der Waals surface area (Å²) >= 11 is 0. The number of nitrogens with zero attached hydrogens (tertiary/aromatic N) is 1. The van der Waals surface area contributed by atoms with Crippen LogP contribution in [0.2, 0.25) is 0 Å². The van der Waals surface area contributed by atoms with Crippen molar-refractivity contribution in [1.82, 2.24) is 4.90 Å². The van der Waals surface area contributed by atoms with Crippen molar-refractivity contribution in [3.8, 4) is 0 Å². The average Bonchev–Trinajstić information content (AvgIpc) is 3.18. The van der Waals surface area contributed by atoms with E-state index in [9.17, 15) is 18.4 Å². The van der Waals surface area contributed by atoms with Gasteiger partial charge in [-0.2, -0.15) is 0 Å². The van der Waals surface area contributed by atoms with E-state index < -0.39 is 23.5 Å². The lowest BCUT2D eigenvalue weighted by Crippen LogP contribution is -2.41. The Balaban J connectivity index is 2.13. The fourth-order valence-corrected chi connectivity index (χ4v) is 2.49. The summed E-state index contributed by atoms with van der Waals surface area (Å²) in [6.07, 6.45) is 0.419. The topological polar surface area (TPSA) is 57.6 Å². The highest BCUT2D eigenvalue weighted by Crippen LogP contribution is 2.49. The Morgan fingerprint density at radius 2 is 2.05 bits per heavy atom. The number of amides is 1. The molecule has 0 aromatic heterocycles. The van der Waals surface area contributed by atoms with E-state index in [0.29, 0.717) is 6.42 Å². The highest BCUT2D eigenvalue weighted by Gasteiger charge is 2.47. The fourth-order valence-electron chi connectivity index (χ4n) is 2.49. The van der Waals surface area contributed by atoms with Crippen LogP contribution in [0, 0.1) is 17.6 Å². The van der Waals surface area contributed by atoms with Crippen LogP contribution in [-0.4, -0.2) is 34.5 Å². The van der Waals surface area contributed by atoms with Gasteiger partial charge in [0.25, 0.3) is 0 Å². The Hall–Kier alpha value is -1.98. The molecule has 1 saturated carbocycles. The van der Waals surface area contributed by atoms with E-state index in [0.717, 1.165) is 6.07 Å². The third kappa shape index (κ3) is 3.20. The van der Waals surface area contributed by atoms with Gasteiger partial charge in [0.1, 0.15) is 6.54 Å². The number of carbonyl (C=O) groups excluding carboxylic acids is 1. The molecule has 1 aromatic rings. The van der Waals surface area contributed by atoms with Gasteiger partial charge in [0.2, 0.25) is 5.91 Å². The van der Waals surface area contributed by atoms with E-state index in [1.807, 2.05) is 0 Å². The first-order chi connectivity index (χ1) is 9.82. The molecule has 4 nitrogen and oxygen atoms in total. The zero-order valence-corrected chi connectivity index (χ0v) is 11.8. The molecular weight excluding hydrogens is 280 g/mol. The minimum atomic E-state index is -1.09. The number of carbonyl (C=O) groups is 2. The summed E-state index contributed by atoms with van der Waals surface area (Å²) in [6, 6.07) is 3.65. The van der Waals surface area contributed by atoms with Crippen molar-refractivity contribution >= 4 is 11.9 Å². The molecule has 1 aromatic carbocycles. The smallest absolute Gasteiger partial charge is 0.323 e. The van der Waals surface area contributed by atoms with Gasteiger partial charge in [0, 0.05) is 12.0 Å². The van der Waals surface area contributed by atoms with Gasteiger partial charge in [-0.1, -0.05) is 12.1 Å².